The first kappa shape index (κ1) is 21.6. The molecule has 0 spiro atoms. The molecule has 1 aliphatic rings. The summed E-state index contributed by atoms with van der Waals surface area (Å²) in [5.41, 5.74) is 6.16. The number of benzene rings is 1. The van der Waals surface area contributed by atoms with Crippen molar-refractivity contribution < 1.29 is 22.7 Å². The molecular formula is C17H24ClF3N2O2. The van der Waals surface area contributed by atoms with Crippen LogP contribution in [0.15, 0.2) is 24.3 Å². The Hall–Kier alpha value is -1.47. The first-order valence-corrected chi connectivity index (χ1v) is 8.09. The van der Waals surface area contributed by atoms with Crippen LogP contribution in [0.5, 0.6) is 5.75 Å². The van der Waals surface area contributed by atoms with Crippen LogP contribution in [-0.2, 0) is 4.79 Å². The predicted octanol–water partition coefficient (Wildman–Crippen LogP) is 3.89. The van der Waals surface area contributed by atoms with Crippen molar-refractivity contribution in [2.75, 3.05) is 6.61 Å². The molecule has 1 saturated carbocycles. The van der Waals surface area contributed by atoms with Crippen molar-refractivity contribution >= 4 is 18.3 Å². The van der Waals surface area contributed by atoms with Crippen LogP contribution < -0.4 is 15.8 Å². The van der Waals surface area contributed by atoms with Crippen molar-refractivity contribution in [2.24, 2.45) is 5.73 Å². The summed E-state index contributed by atoms with van der Waals surface area (Å²) in [4.78, 5) is 12.4. The molecule has 1 aromatic carbocycles. The van der Waals surface area contributed by atoms with E-state index in [0.717, 1.165) is 24.8 Å². The molecule has 2 rings (SSSR count). The van der Waals surface area contributed by atoms with Crippen LogP contribution in [0.3, 0.4) is 0 Å². The number of halogens is 4. The summed E-state index contributed by atoms with van der Waals surface area (Å²) in [6, 6.07) is 5.92. The molecule has 1 fully saturated rings. The summed E-state index contributed by atoms with van der Waals surface area (Å²) in [6.45, 7) is 0.490. The van der Waals surface area contributed by atoms with Crippen LogP contribution in [0.4, 0.5) is 13.2 Å². The van der Waals surface area contributed by atoms with E-state index in [1.165, 1.54) is 12.1 Å². The third-order valence-electron chi connectivity index (χ3n) is 4.33. The topological polar surface area (TPSA) is 64.4 Å². The molecule has 0 aromatic heterocycles. The molecule has 4 nitrogen and oxygen atoms in total. The maximum Gasteiger partial charge on any atom is 0.422 e. The predicted molar refractivity (Wildman–Crippen MR) is 91.8 cm³/mol. The number of nitrogens with two attached hydrogens (primary N) is 1. The number of alkyl halides is 3. The maximum absolute atomic E-state index is 12.4. The number of carbonyl (C=O) groups is 1. The SMILES string of the molecule is CC(NC(=O)C1(N)CCCCC1)c1ccc(OCC(F)(F)F)cc1.Cl. The van der Waals surface area contributed by atoms with Gasteiger partial charge in [0.1, 0.15) is 5.75 Å². The number of rotatable bonds is 5. The Labute approximate surface area is 151 Å². The fourth-order valence-electron chi connectivity index (χ4n) is 2.85. The highest BCUT2D eigenvalue weighted by atomic mass is 35.5. The molecule has 0 heterocycles. The normalized spacial score (nSPS) is 18.0. The van der Waals surface area contributed by atoms with Crippen molar-refractivity contribution in [3.05, 3.63) is 29.8 Å². The molecule has 3 N–H and O–H groups in total. The van der Waals surface area contributed by atoms with Crippen LogP contribution >= 0.6 is 12.4 Å². The minimum Gasteiger partial charge on any atom is -0.484 e. The van der Waals surface area contributed by atoms with Crippen LogP contribution in [-0.4, -0.2) is 24.2 Å². The monoisotopic (exact) mass is 380 g/mol. The Balaban J connectivity index is 0.00000312. The van der Waals surface area contributed by atoms with Gasteiger partial charge in [0.15, 0.2) is 6.61 Å². The van der Waals surface area contributed by atoms with Crippen molar-refractivity contribution in [3.63, 3.8) is 0 Å². The number of hydrogen-bond donors (Lipinski definition) is 2. The van der Waals surface area contributed by atoms with Gasteiger partial charge < -0.3 is 15.8 Å². The number of nitrogens with one attached hydrogen (secondary N) is 1. The van der Waals surface area contributed by atoms with Gasteiger partial charge in [0.2, 0.25) is 5.91 Å². The summed E-state index contributed by atoms with van der Waals surface area (Å²) in [5.74, 6) is -0.0377. The zero-order chi connectivity index (χ0) is 17.8. The Kier molecular flexibility index (Phi) is 7.56. The standard InChI is InChI=1S/C17H23F3N2O2.ClH/c1-12(22-15(23)16(21)9-3-2-4-10-16)13-5-7-14(8-6-13)24-11-17(18,19)20;/h5-8,12H,2-4,9-11,21H2,1H3,(H,22,23);1H. The van der Waals surface area contributed by atoms with E-state index in [9.17, 15) is 18.0 Å². The second kappa shape index (κ2) is 8.76. The average Bonchev–Trinajstić information content (AvgIpc) is 2.53. The van der Waals surface area contributed by atoms with Gasteiger partial charge in [-0.15, -0.1) is 12.4 Å². The van der Waals surface area contributed by atoms with Gasteiger partial charge in [-0.25, -0.2) is 0 Å². The van der Waals surface area contributed by atoms with E-state index in [1.54, 1.807) is 12.1 Å². The van der Waals surface area contributed by atoms with Crippen LogP contribution in [0.1, 0.15) is 50.6 Å². The van der Waals surface area contributed by atoms with E-state index in [2.05, 4.69) is 10.1 Å². The minimum atomic E-state index is -4.37. The third kappa shape index (κ3) is 6.40. The molecule has 0 bridgehead atoms. The van der Waals surface area contributed by atoms with Crippen molar-refractivity contribution in [2.45, 2.75) is 56.8 Å². The van der Waals surface area contributed by atoms with Gasteiger partial charge in [0, 0.05) is 0 Å². The lowest BCUT2D eigenvalue weighted by Gasteiger charge is -2.33. The lowest BCUT2D eigenvalue weighted by molar-refractivity contribution is -0.153. The molecule has 142 valence electrons. The van der Waals surface area contributed by atoms with E-state index in [0.29, 0.717) is 12.8 Å². The summed E-state index contributed by atoms with van der Waals surface area (Å²) in [7, 11) is 0. The molecule has 1 aromatic rings. The summed E-state index contributed by atoms with van der Waals surface area (Å²) < 4.78 is 41.0. The molecule has 1 amide bonds. The number of ether oxygens (including phenoxy) is 1. The summed E-state index contributed by atoms with van der Waals surface area (Å²) >= 11 is 0. The average molecular weight is 381 g/mol. The highest BCUT2D eigenvalue weighted by Crippen LogP contribution is 2.27. The van der Waals surface area contributed by atoms with Crippen LogP contribution in [0, 0.1) is 0 Å². The second-order valence-corrected chi connectivity index (χ2v) is 6.38. The fourth-order valence-corrected chi connectivity index (χ4v) is 2.85. The first-order chi connectivity index (χ1) is 11.2. The quantitative estimate of drug-likeness (QED) is 0.814. The third-order valence-corrected chi connectivity index (χ3v) is 4.33. The highest BCUT2D eigenvalue weighted by Gasteiger charge is 2.35. The molecular weight excluding hydrogens is 357 g/mol. The molecule has 1 unspecified atom stereocenters. The second-order valence-electron chi connectivity index (χ2n) is 6.38. The van der Waals surface area contributed by atoms with E-state index < -0.39 is 18.3 Å². The first-order valence-electron chi connectivity index (χ1n) is 8.09. The number of amides is 1. The lowest BCUT2D eigenvalue weighted by atomic mass is 9.81. The Morgan fingerprint density at radius 3 is 2.32 bits per heavy atom. The zero-order valence-electron chi connectivity index (χ0n) is 14.1. The molecule has 0 radical (unpaired) electrons. The van der Waals surface area contributed by atoms with Gasteiger partial charge in [-0.3, -0.25) is 4.79 Å². The van der Waals surface area contributed by atoms with E-state index in [4.69, 9.17) is 5.73 Å². The van der Waals surface area contributed by atoms with E-state index >= 15 is 0 Å². The summed E-state index contributed by atoms with van der Waals surface area (Å²) in [5, 5.41) is 2.90. The van der Waals surface area contributed by atoms with Crippen LogP contribution in [0.25, 0.3) is 0 Å². The van der Waals surface area contributed by atoms with E-state index in [1.807, 2.05) is 6.92 Å². The minimum absolute atomic E-state index is 0. The lowest BCUT2D eigenvalue weighted by Crippen LogP contribution is -2.55. The van der Waals surface area contributed by atoms with Gasteiger partial charge in [-0.2, -0.15) is 13.2 Å². The Bertz CT molecular complexity index is 558. The van der Waals surface area contributed by atoms with Gasteiger partial charge >= 0.3 is 6.18 Å². The number of carbonyl (C=O) groups excluding carboxylic acids is 1. The summed E-state index contributed by atoms with van der Waals surface area (Å²) in [6.07, 6.45) is -0.0187. The van der Waals surface area contributed by atoms with Gasteiger partial charge in [-0.05, 0) is 37.5 Å². The molecule has 1 aliphatic carbocycles. The van der Waals surface area contributed by atoms with Crippen molar-refractivity contribution in [3.8, 4) is 5.75 Å². The van der Waals surface area contributed by atoms with Crippen LogP contribution in [0.2, 0.25) is 0 Å². The Morgan fingerprint density at radius 2 is 1.80 bits per heavy atom. The molecule has 8 heteroatoms. The van der Waals surface area contributed by atoms with E-state index in [-0.39, 0.29) is 30.1 Å². The Morgan fingerprint density at radius 1 is 1.24 bits per heavy atom. The molecule has 1 atom stereocenters. The zero-order valence-corrected chi connectivity index (χ0v) is 14.9. The largest absolute Gasteiger partial charge is 0.484 e. The molecule has 0 aliphatic heterocycles. The maximum atomic E-state index is 12.4. The number of hydrogen-bond acceptors (Lipinski definition) is 3. The van der Waals surface area contributed by atoms with Crippen molar-refractivity contribution in [1.29, 1.82) is 0 Å². The van der Waals surface area contributed by atoms with Gasteiger partial charge in [0.25, 0.3) is 0 Å². The molecule has 0 saturated heterocycles. The van der Waals surface area contributed by atoms with Gasteiger partial charge in [0.05, 0.1) is 11.6 Å². The molecule has 25 heavy (non-hydrogen) atoms. The highest BCUT2D eigenvalue weighted by molar-refractivity contribution is 5.86. The van der Waals surface area contributed by atoms with Crippen molar-refractivity contribution in [1.82, 2.24) is 5.32 Å². The fraction of sp³-hybridized carbons (Fsp3) is 0.588. The van der Waals surface area contributed by atoms with Gasteiger partial charge in [-0.1, -0.05) is 31.4 Å². The smallest absolute Gasteiger partial charge is 0.422 e.